The standard InChI is InChI=1S/C9H12N2.C2H6/c1-7(2)6-11-9-8(3)4-5-10-9;1-2/h4-6,10H,1H2,2-3H3;1-2H3/b11-6-;. The van der Waals surface area contributed by atoms with Crippen LogP contribution in [0.5, 0.6) is 0 Å². The lowest BCUT2D eigenvalue weighted by Crippen LogP contribution is -1.73. The summed E-state index contributed by atoms with van der Waals surface area (Å²) in [6, 6.07) is 1.99. The Hall–Kier alpha value is -1.31. The predicted molar refractivity (Wildman–Crippen MR) is 59.8 cm³/mol. The van der Waals surface area contributed by atoms with Gasteiger partial charge in [-0.15, -0.1) is 0 Å². The first-order chi connectivity index (χ1) is 6.20. The molecule has 0 bridgehead atoms. The number of aryl methyl sites for hydroxylation is 1. The van der Waals surface area contributed by atoms with E-state index in [0.717, 1.165) is 17.0 Å². The lowest BCUT2D eigenvalue weighted by Gasteiger charge is -1.89. The molecule has 0 aliphatic heterocycles. The van der Waals surface area contributed by atoms with Gasteiger partial charge >= 0.3 is 0 Å². The van der Waals surface area contributed by atoms with E-state index in [9.17, 15) is 0 Å². The SMILES string of the molecule is C=C(C)/C=N\c1[nH]ccc1C.CC. The molecule has 13 heavy (non-hydrogen) atoms. The van der Waals surface area contributed by atoms with Crippen molar-refractivity contribution in [3.05, 3.63) is 30.0 Å². The van der Waals surface area contributed by atoms with Crippen LogP contribution in [-0.4, -0.2) is 11.2 Å². The first-order valence-electron chi connectivity index (χ1n) is 4.53. The minimum absolute atomic E-state index is 0.910. The van der Waals surface area contributed by atoms with E-state index < -0.39 is 0 Å². The molecular formula is C11H18N2. The number of aromatic nitrogens is 1. The quantitative estimate of drug-likeness (QED) is 0.670. The molecule has 0 unspecified atom stereocenters. The van der Waals surface area contributed by atoms with Crippen LogP contribution in [0.3, 0.4) is 0 Å². The minimum atomic E-state index is 0.910. The van der Waals surface area contributed by atoms with Crippen molar-refractivity contribution in [3.8, 4) is 0 Å². The lowest BCUT2D eigenvalue weighted by molar-refractivity contribution is 1.31. The fourth-order valence-corrected chi connectivity index (χ4v) is 0.752. The van der Waals surface area contributed by atoms with Crippen molar-refractivity contribution in [3.63, 3.8) is 0 Å². The molecule has 0 aliphatic carbocycles. The molecule has 0 aromatic carbocycles. The molecule has 1 aromatic heterocycles. The third-order valence-corrected chi connectivity index (χ3v) is 1.34. The van der Waals surface area contributed by atoms with Crippen molar-refractivity contribution >= 4 is 12.0 Å². The van der Waals surface area contributed by atoms with Crippen LogP contribution in [0.15, 0.2) is 29.4 Å². The van der Waals surface area contributed by atoms with E-state index in [1.807, 2.05) is 40.0 Å². The van der Waals surface area contributed by atoms with E-state index in [4.69, 9.17) is 0 Å². The molecule has 1 aromatic rings. The van der Waals surface area contributed by atoms with Crippen molar-refractivity contribution in [2.45, 2.75) is 27.7 Å². The van der Waals surface area contributed by atoms with Crippen LogP contribution < -0.4 is 0 Å². The van der Waals surface area contributed by atoms with Crippen LogP contribution in [0.25, 0.3) is 0 Å². The molecule has 1 N–H and O–H groups in total. The summed E-state index contributed by atoms with van der Waals surface area (Å²) >= 11 is 0. The van der Waals surface area contributed by atoms with Gasteiger partial charge in [-0.25, -0.2) is 4.99 Å². The molecule has 0 amide bonds. The second kappa shape index (κ2) is 6.23. The topological polar surface area (TPSA) is 28.1 Å². The number of aliphatic imine (C=N–C) groups is 1. The zero-order valence-electron chi connectivity index (χ0n) is 8.89. The zero-order valence-corrected chi connectivity index (χ0v) is 8.89. The van der Waals surface area contributed by atoms with Gasteiger partial charge < -0.3 is 4.98 Å². The smallest absolute Gasteiger partial charge is 0.132 e. The van der Waals surface area contributed by atoms with Gasteiger partial charge in [-0.3, -0.25) is 0 Å². The van der Waals surface area contributed by atoms with E-state index in [0.29, 0.717) is 0 Å². The van der Waals surface area contributed by atoms with Gasteiger partial charge in [0.05, 0.1) is 0 Å². The highest BCUT2D eigenvalue weighted by Gasteiger charge is 1.92. The summed E-state index contributed by atoms with van der Waals surface area (Å²) in [5, 5.41) is 0. The van der Waals surface area contributed by atoms with Gasteiger partial charge in [0.2, 0.25) is 0 Å². The molecule has 0 aliphatic rings. The minimum Gasteiger partial charge on any atom is -0.346 e. The second-order valence-corrected chi connectivity index (χ2v) is 2.61. The van der Waals surface area contributed by atoms with Gasteiger partial charge in [0.25, 0.3) is 0 Å². The first kappa shape index (κ1) is 11.7. The fourth-order valence-electron chi connectivity index (χ4n) is 0.752. The van der Waals surface area contributed by atoms with Crippen molar-refractivity contribution in [2.75, 3.05) is 0 Å². The van der Waals surface area contributed by atoms with Gasteiger partial charge in [0, 0.05) is 12.4 Å². The maximum atomic E-state index is 4.19. The Labute approximate surface area is 80.4 Å². The fraction of sp³-hybridized carbons (Fsp3) is 0.364. The zero-order chi connectivity index (χ0) is 10.3. The van der Waals surface area contributed by atoms with E-state index in [2.05, 4.69) is 16.6 Å². The summed E-state index contributed by atoms with van der Waals surface area (Å²) in [6.07, 6.45) is 3.62. The third kappa shape index (κ3) is 4.31. The maximum absolute atomic E-state index is 4.19. The number of rotatable bonds is 2. The monoisotopic (exact) mass is 178 g/mol. The predicted octanol–water partition coefficient (Wildman–Crippen LogP) is 3.63. The van der Waals surface area contributed by atoms with E-state index in [-0.39, 0.29) is 0 Å². The van der Waals surface area contributed by atoms with E-state index in [1.54, 1.807) is 6.21 Å². The molecule has 72 valence electrons. The number of hydrogen-bond donors (Lipinski definition) is 1. The summed E-state index contributed by atoms with van der Waals surface area (Å²) in [7, 11) is 0. The average Bonchev–Trinajstić information content (AvgIpc) is 2.51. The van der Waals surface area contributed by atoms with Crippen LogP contribution in [0.2, 0.25) is 0 Å². The molecule has 0 atom stereocenters. The molecule has 0 fully saturated rings. The molecule has 0 saturated carbocycles. The number of nitrogens with zero attached hydrogens (tertiary/aromatic N) is 1. The Morgan fingerprint density at radius 2 is 2.15 bits per heavy atom. The summed E-state index contributed by atoms with van der Waals surface area (Å²) < 4.78 is 0. The van der Waals surface area contributed by atoms with Crippen LogP contribution in [-0.2, 0) is 0 Å². The highest BCUT2D eigenvalue weighted by atomic mass is 14.9. The number of nitrogens with one attached hydrogen (secondary N) is 1. The van der Waals surface area contributed by atoms with Crippen molar-refractivity contribution in [1.29, 1.82) is 0 Å². The van der Waals surface area contributed by atoms with Crippen LogP contribution in [0, 0.1) is 6.92 Å². The number of hydrogen-bond acceptors (Lipinski definition) is 1. The first-order valence-corrected chi connectivity index (χ1v) is 4.53. The van der Waals surface area contributed by atoms with Crippen molar-refractivity contribution < 1.29 is 0 Å². The Morgan fingerprint density at radius 3 is 2.54 bits per heavy atom. The number of allylic oxidation sites excluding steroid dienone is 1. The van der Waals surface area contributed by atoms with E-state index >= 15 is 0 Å². The van der Waals surface area contributed by atoms with Crippen molar-refractivity contribution in [1.82, 2.24) is 4.98 Å². The Kier molecular flexibility index (Phi) is 5.60. The second-order valence-electron chi connectivity index (χ2n) is 2.61. The van der Waals surface area contributed by atoms with Gasteiger partial charge in [0.1, 0.15) is 5.82 Å². The van der Waals surface area contributed by atoms with Gasteiger partial charge in [0.15, 0.2) is 0 Å². The molecule has 1 heterocycles. The Balaban J connectivity index is 0.000000671. The van der Waals surface area contributed by atoms with Gasteiger partial charge in [-0.2, -0.15) is 0 Å². The van der Waals surface area contributed by atoms with Crippen LogP contribution in [0.1, 0.15) is 26.3 Å². The van der Waals surface area contributed by atoms with Gasteiger partial charge in [-0.05, 0) is 31.1 Å². The molecule has 2 heteroatoms. The number of H-pyrrole nitrogens is 1. The largest absolute Gasteiger partial charge is 0.346 e. The van der Waals surface area contributed by atoms with Crippen LogP contribution >= 0.6 is 0 Å². The molecule has 1 rings (SSSR count). The third-order valence-electron chi connectivity index (χ3n) is 1.34. The van der Waals surface area contributed by atoms with E-state index in [1.165, 1.54) is 0 Å². The molecule has 0 radical (unpaired) electrons. The average molecular weight is 178 g/mol. The highest BCUT2D eigenvalue weighted by Crippen LogP contribution is 2.13. The normalized spacial score (nSPS) is 9.54. The summed E-state index contributed by atoms with van der Waals surface area (Å²) in [5.41, 5.74) is 2.11. The highest BCUT2D eigenvalue weighted by molar-refractivity contribution is 5.79. The van der Waals surface area contributed by atoms with Crippen LogP contribution in [0.4, 0.5) is 5.82 Å². The Bertz CT molecular complexity index is 282. The molecular weight excluding hydrogens is 160 g/mol. The summed E-state index contributed by atoms with van der Waals surface area (Å²) in [4.78, 5) is 7.21. The Morgan fingerprint density at radius 1 is 1.54 bits per heavy atom. The molecule has 0 saturated heterocycles. The lowest BCUT2D eigenvalue weighted by atomic mass is 10.3. The summed E-state index contributed by atoms with van der Waals surface area (Å²) in [5.74, 6) is 0.910. The summed E-state index contributed by atoms with van der Waals surface area (Å²) in [6.45, 7) is 11.7. The maximum Gasteiger partial charge on any atom is 0.132 e. The molecule has 2 nitrogen and oxygen atoms in total. The number of aromatic amines is 1. The van der Waals surface area contributed by atoms with Gasteiger partial charge in [-0.1, -0.05) is 20.4 Å². The molecule has 0 spiro atoms. The van der Waals surface area contributed by atoms with Crippen molar-refractivity contribution in [2.24, 2.45) is 4.99 Å².